The van der Waals surface area contributed by atoms with Gasteiger partial charge in [-0.25, -0.2) is 0 Å². The fourth-order valence-electron chi connectivity index (χ4n) is 2.17. The van der Waals surface area contributed by atoms with Crippen LogP contribution in [0.3, 0.4) is 0 Å². The Morgan fingerprint density at radius 2 is 1.21 bits per heavy atom. The van der Waals surface area contributed by atoms with Crippen molar-refractivity contribution in [3.63, 3.8) is 0 Å². The minimum Gasteiger partial charge on any atom is -0.389 e. The van der Waals surface area contributed by atoms with Crippen LogP contribution < -0.4 is 0 Å². The van der Waals surface area contributed by atoms with E-state index < -0.39 is 23.0 Å². The van der Waals surface area contributed by atoms with Crippen molar-refractivity contribution in [2.45, 2.75) is 50.4 Å². The molecular weight excluding hydrogens is 200 g/mol. The van der Waals surface area contributed by atoms with Crippen molar-refractivity contribution < 1.29 is 14.4 Å². The predicted octanol–water partition coefficient (Wildman–Crippen LogP) is 0.520. The molecule has 1 aliphatic heterocycles. The maximum Gasteiger partial charge on any atom is 0.0956 e. The number of hydrogen-bond donors (Lipinski definition) is 2. The summed E-state index contributed by atoms with van der Waals surface area (Å²) < 4.78 is 12.0. The van der Waals surface area contributed by atoms with E-state index in [1.54, 1.807) is 0 Å². The van der Waals surface area contributed by atoms with Gasteiger partial charge in [-0.05, 0) is 11.8 Å². The first kappa shape index (κ1) is 12.1. The molecule has 0 aromatic heterocycles. The summed E-state index contributed by atoms with van der Waals surface area (Å²) in [5.41, 5.74) is 0. The normalized spacial score (nSPS) is 43.9. The summed E-state index contributed by atoms with van der Waals surface area (Å²) in [4.78, 5) is 0. The van der Waals surface area contributed by atoms with Crippen molar-refractivity contribution in [3.05, 3.63) is 0 Å². The monoisotopic (exact) mass is 220 g/mol. The van der Waals surface area contributed by atoms with Crippen LogP contribution in [0.15, 0.2) is 0 Å². The molecule has 1 fully saturated rings. The van der Waals surface area contributed by atoms with E-state index in [0.717, 1.165) is 0 Å². The van der Waals surface area contributed by atoms with Gasteiger partial charge in [0.05, 0.1) is 22.7 Å². The van der Waals surface area contributed by atoms with Gasteiger partial charge < -0.3 is 10.2 Å². The van der Waals surface area contributed by atoms with Gasteiger partial charge in [-0.1, -0.05) is 27.7 Å². The lowest BCUT2D eigenvalue weighted by Crippen LogP contribution is -2.35. The molecular formula is C10H20O3S. The smallest absolute Gasteiger partial charge is 0.0956 e. The molecule has 0 radical (unpaired) electrons. The van der Waals surface area contributed by atoms with Crippen molar-refractivity contribution in [1.29, 1.82) is 0 Å². The molecule has 0 spiro atoms. The molecule has 0 bridgehead atoms. The average Bonchev–Trinajstić information content (AvgIpc) is 2.23. The summed E-state index contributed by atoms with van der Waals surface area (Å²) >= 11 is 0. The molecule has 1 saturated heterocycles. The van der Waals surface area contributed by atoms with Crippen molar-refractivity contribution in [1.82, 2.24) is 0 Å². The molecule has 2 N–H and O–H groups in total. The highest BCUT2D eigenvalue weighted by Gasteiger charge is 2.49. The molecule has 0 aromatic rings. The van der Waals surface area contributed by atoms with Crippen LogP contribution in [0.4, 0.5) is 0 Å². The number of hydrogen-bond acceptors (Lipinski definition) is 3. The van der Waals surface area contributed by atoms with E-state index in [1.807, 2.05) is 27.7 Å². The fraction of sp³-hybridized carbons (Fsp3) is 1.00. The SMILES string of the molecule is CC(C)C1C(O)C(O)C(C(C)C)S1=O. The first-order valence-electron chi connectivity index (χ1n) is 5.13. The standard InChI is InChI=1S/C10H20O3S/c1-5(2)9-7(11)8(12)10(6(3)4)14(9)13/h5-12H,1-4H3. The Hall–Kier alpha value is 0.0700. The molecule has 0 saturated carbocycles. The van der Waals surface area contributed by atoms with E-state index in [9.17, 15) is 14.4 Å². The zero-order valence-electron chi connectivity index (χ0n) is 9.18. The van der Waals surface area contributed by atoms with Crippen LogP contribution in [0, 0.1) is 11.8 Å². The zero-order chi connectivity index (χ0) is 11.0. The predicted molar refractivity (Wildman–Crippen MR) is 57.4 cm³/mol. The first-order valence-corrected chi connectivity index (χ1v) is 6.41. The molecule has 0 amide bonds. The van der Waals surface area contributed by atoms with E-state index in [1.165, 1.54) is 0 Å². The van der Waals surface area contributed by atoms with Gasteiger partial charge in [-0.2, -0.15) is 0 Å². The Balaban J connectivity index is 2.91. The third-order valence-electron chi connectivity index (χ3n) is 2.87. The van der Waals surface area contributed by atoms with Crippen LogP contribution in [0.25, 0.3) is 0 Å². The van der Waals surface area contributed by atoms with Crippen LogP contribution in [0.1, 0.15) is 27.7 Å². The molecule has 4 atom stereocenters. The van der Waals surface area contributed by atoms with Crippen LogP contribution in [0.5, 0.6) is 0 Å². The Kier molecular flexibility index (Phi) is 3.72. The number of rotatable bonds is 2. The van der Waals surface area contributed by atoms with E-state index >= 15 is 0 Å². The van der Waals surface area contributed by atoms with E-state index in [4.69, 9.17) is 0 Å². The zero-order valence-corrected chi connectivity index (χ0v) is 9.99. The highest BCUT2D eigenvalue weighted by molar-refractivity contribution is 7.86. The Labute approximate surface area is 88.0 Å². The maximum atomic E-state index is 12.0. The van der Waals surface area contributed by atoms with Crippen molar-refractivity contribution in [2.24, 2.45) is 11.8 Å². The summed E-state index contributed by atoms with van der Waals surface area (Å²) in [6.07, 6.45) is -1.66. The van der Waals surface area contributed by atoms with Gasteiger partial charge in [0.1, 0.15) is 0 Å². The van der Waals surface area contributed by atoms with Crippen molar-refractivity contribution >= 4 is 10.8 Å². The van der Waals surface area contributed by atoms with Gasteiger partial charge in [0.2, 0.25) is 0 Å². The molecule has 0 aromatic carbocycles. The van der Waals surface area contributed by atoms with E-state index in [2.05, 4.69) is 0 Å². The van der Waals surface area contributed by atoms with Crippen LogP contribution in [-0.4, -0.2) is 37.1 Å². The van der Waals surface area contributed by atoms with Crippen molar-refractivity contribution in [2.75, 3.05) is 0 Å². The second-order valence-electron chi connectivity index (χ2n) is 4.73. The molecule has 14 heavy (non-hydrogen) atoms. The molecule has 4 unspecified atom stereocenters. The summed E-state index contributed by atoms with van der Waals surface area (Å²) in [6, 6.07) is 0. The molecule has 1 rings (SSSR count). The third-order valence-corrected chi connectivity index (χ3v) is 5.59. The summed E-state index contributed by atoms with van der Waals surface area (Å²) in [5.74, 6) is 0.286. The van der Waals surface area contributed by atoms with Gasteiger partial charge in [-0.3, -0.25) is 4.21 Å². The van der Waals surface area contributed by atoms with Gasteiger partial charge in [0.25, 0.3) is 0 Å². The lowest BCUT2D eigenvalue weighted by Gasteiger charge is -2.17. The second-order valence-corrected chi connectivity index (χ2v) is 6.47. The average molecular weight is 220 g/mol. The van der Waals surface area contributed by atoms with Crippen LogP contribution in [0.2, 0.25) is 0 Å². The lowest BCUT2D eigenvalue weighted by molar-refractivity contribution is 0.0166. The second kappa shape index (κ2) is 4.29. The van der Waals surface area contributed by atoms with Gasteiger partial charge in [0.15, 0.2) is 0 Å². The lowest BCUT2D eigenvalue weighted by atomic mass is 9.96. The minimum absolute atomic E-state index is 0.143. The van der Waals surface area contributed by atoms with E-state index in [0.29, 0.717) is 0 Å². The summed E-state index contributed by atoms with van der Waals surface area (Å²) in [6.45, 7) is 7.73. The topological polar surface area (TPSA) is 57.5 Å². The minimum atomic E-state index is -1.12. The molecule has 84 valence electrons. The largest absolute Gasteiger partial charge is 0.389 e. The molecule has 3 nitrogen and oxygen atoms in total. The quantitative estimate of drug-likeness (QED) is 0.713. The van der Waals surface area contributed by atoms with E-state index in [-0.39, 0.29) is 22.3 Å². The summed E-state index contributed by atoms with van der Waals surface area (Å²) in [7, 11) is -1.12. The van der Waals surface area contributed by atoms with Crippen LogP contribution >= 0.6 is 0 Å². The van der Waals surface area contributed by atoms with Gasteiger partial charge in [-0.15, -0.1) is 0 Å². The maximum absolute atomic E-state index is 12.0. The first-order chi connectivity index (χ1) is 6.37. The highest BCUT2D eigenvalue weighted by atomic mass is 32.2. The fourth-order valence-corrected chi connectivity index (χ4v) is 4.48. The number of aliphatic hydroxyl groups is 2. The highest BCUT2D eigenvalue weighted by Crippen LogP contribution is 2.33. The Morgan fingerprint density at radius 3 is 1.36 bits per heavy atom. The molecule has 4 heteroatoms. The Bertz CT molecular complexity index is 205. The Morgan fingerprint density at radius 1 is 0.929 bits per heavy atom. The molecule has 1 heterocycles. The molecule has 0 aliphatic carbocycles. The molecule has 1 aliphatic rings. The van der Waals surface area contributed by atoms with Crippen LogP contribution in [-0.2, 0) is 10.8 Å². The summed E-state index contributed by atoms with van der Waals surface area (Å²) in [5, 5.41) is 19.0. The van der Waals surface area contributed by atoms with Gasteiger partial charge >= 0.3 is 0 Å². The number of aliphatic hydroxyl groups excluding tert-OH is 2. The van der Waals surface area contributed by atoms with Gasteiger partial charge in [0, 0.05) is 10.8 Å². The third kappa shape index (κ3) is 1.88. The van der Waals surface area contributed by atoms with Crippen molar-refractivity contribution in [3.8, 4) is 0 Å².